The molecule has 2 N–H and O–H groups in total. The zero-order valence-electron chi connectivity index (χ0n) is 21.0. The van der Waals surface area contributed by atoms with Gasteiger partial charge in [-0.05, 0) is 54.3 Å². The number of halogens is 1. The lowest BCUT2D eigenvalue weighted by molar-refractivity contribution is 0.610. The highest BCUT2D eigenvalue weighted by Gasteiger charge is 2.34. The van der Waals surface area contributed by atoms with Crippen LogP contribution in [0.15, 0.2) is 85.3 Å². The number of rotatable bonds is 9. The van der Waals surface area contributed by atoms with E-state index >= 15 is 0 Å². The van der Waals surface area contributed by atoms with Gasteiger partial charge in [0.05, 0.1) is 41.7 Å². The molecule has 1 aliphatic rings. The van der Waals surface area contributed by atoms with E-state index in [2.05, 4.69) is 37.0 Å². The largest absolute Gasteiger partial charge is 0.378 e. The molecular weight excluding hydrogens is 490 g/mol. The molecule has 0 saturated heterocycles. The van der Waals surface area contributed by atoms with E-state index < -0.39 is 5.44 Å². The van der Waals surface area contributed by atoms with Crippen LogP contribution in [0.3, 0.4) is 0 Å². The predicted octanol–water partition coefficient (Wildman–Crippen LogP) is 5.24. The minimum atomic E-state index is -1.29. The van der Waals surface area contributed by atoms with Gasteiger partial charge in [-0.25, -0.2) is 19.0 Å². The molecule has 5 aromatic rings. The van der Waals surface area contributed by atoms with Crippen LogP contribution in [-0.2, 0) is 5.44 Å². The van der Waals surface area contributed by atoms with Crippen molar-refractivity contribution in [3.63, 3.8) is 0 Å². The molecule has 2 atom stereocenters. The number of nitrogens with one attached hydrogen (secondary N) is 2. The summed E-state index contributed by atoms with van der Waals surface area (Å²) in [6.07, 6.45) is 5.72. The number of fused-ring (bicyclic) bond motifs is 1. The SMILES string of the molecule is [B]C(Nc1ccc2ncnc(NC(CC#N)c3ccccc3)c2c1)(c1ccc(F)cc1)c1cn(C2CC2)nn1. The Morgan fingerprint density at radius 2 is 1.87 bits per heavy atom. The van der Waals surface area contributed by atoms with Crippen LogP contribution in [0.25, 0.3) is 10.9 Å². The van der Waals surface area contributed by atoms with E-state index in [9.17, 15) is 9.65 Å². The summed E-state index contributed by atoms with van der Waals surface area (Å²) in [6.45, 7) is 0. The van der Waals surface area contributed by atoms with Crippen LogP contribution in [-0.4, -0.2) is 32.8 Å². The minimum Gasteiger partial charge on any atom is -0.378 e. The van der Waals surface area contributed by atoms with Crippen molar-refractivity contribution >= 4 is 30.3 Å². The number of aromatic nitrogens is 5. The van der Waals surface area contributed by atoms with Crippen molar-refractivity contribution in [2.24, 2.45) is 0 Å². The number of hydrogen-bond acceptors (Lipinski definition) is 7. The van der Waals surface area contributed by atoms with Crippen LogP contribution in [0.2, 0.25) is 0 Å². The average Bonchev–Trinajstić information content (AvgIpc) is 3.69. The highest BCUT2D eigenvalue weighted by Crippen LogP contribution is 2.37. The normalized spacial score (nSPS) is 15.3. The highest BCUT2D eigenvalue weighted by atomic mass is 19.1. The number of nitriles is 1. The third-order valence-electron chi connectivity index (χ3n) is 6.92. The van der Waals surface area contributed by atoms with Crippen LogP contribution in [0.1, 0.15) is 48.2 Å². The van der Waals surface area contributed by atoms with Gasteiger partial charge in [0.25, 0.3) is 0 Å². The van der Waals surface area contributed by atoms with Crippen LogP contribution < -0.4 is 10.6 Å². The van der Waals surface area contributed by atoms with Crippen LogP contribution >= 0.6 is 0 Å². The maximum atomic E-state index is 13.8. The van der Waals surface area contributed by atoms with E-state index in [0.29, 0.717) is 28.8 Å². The fraction of sp³-hybridized carbons (Fsp3) is 0.207. The number of anilines is 2. The van der Waals surface area contributed by atoms with Crippen molar-refractivity contribution in [2.45, 2.75) is 36.8 Å². The van der Waals surface area contributed by atoms with Gasteiger partial charge < -0.3 is 10.6 Å². The van der Waals surface area contributed by atoms with Crippen molar-refractivity contribution in [3.05, 3.63) is 108 Å². The molecule has 39 heavy (non-hydrogen) atoms. The van der Waals surface area contributed by atoms with E-state index in [1.54, 1.807) is 12.1 Å². The molecule has 2 heterocycles. The molecule has 1 saturated carbocycles. The first-order chi connectivity index (χ1) is 19.0. The lowest BCUT2D eigenvalue weighted by atomic mass is 9.69. The van der Waals surface area contributed by atoms with Crippen LogP contribution in [0, 0.1) is 17.1 Å². The van der Waals surface area contributed by atoms with Crippen LogP contribution in [0.5, 0.6) is 0 Å². The molecule has 190 valence electrons. The molecule has 0 bridgehead atoms. The monoisotopic (exact) mass is 514 g/mol. The molecule has 2 radical (unpaired) electrons. The zero-order chi connectivity index (χ0) is 26.8. The van der Waals surface area contributed by atoms with E-state index in [1.165, 1.54) is 18.5 Å². The first-order valence-corrected chi connectivity index (χ1v) is 12.7. The fourth-order valence-corrected chi connectivity index (χ4v) is 4.64. The van der Waals surface area contributed by atoms with Gasteiger partial charge in [-0.3, -0.25) is 0 Å². The van der Waals surface area contributed by atoms with Gasteiger partial charge in [0, 0.05) is 11.1 Å². The molecule has 6 rings (SSSR count). The highest BCUT2D eigenvalue weighted by molar-refractivity contribution is 6.19. The maximum absolute atomic E-state index is 13.8. The lowest BCUT2D eigenvalue weighted by Gasteiger charge is -2.31. The second kappa shape index (κ2) is 10.2. The second-order valence-corrected chi connectivity index (χ2v) is 9.68. The first-order valence-electron chi connectivity index (χ1n) is 12.7. The number of benzene rings is 3. The Hall–Kier alpha value is -4.78. The van der Waals surface area contributed by atoms with Gasteiger partial charge in [0.15, 0.2) is 0 Å². The molecule has 0 aliphatic heterocycles. The smallest absolute Gasteiger partial charge is 0.137 e. The summed E-state index contributed by atoms with van der Waals surface area (Å²) in [4.78, 5) is 8.91. The Balaban J connectivity index is 1.38. The Labute approximate surface area is 226 Å². The number of hydrogen-bond donors (Lipinski definition) is 2. The van der Waals surface area contributed by atoms with E-state index in [4.69, 9.17) is 7.85 Å². The molecule has 10 heteroatoms. The van der Waals surface area contributed by atoms with Crippen molar-refractivity contribution in [1.82, 2.24) is 25.0 Å². The standard InChI is InChI=1S/C29H24BFN8/c30-29(20-6-8-21(31)9-7-20,27-17-39(38-37-27)23-11-12-23)36-22-10-13-26-24(16-22)28(34-18-33-26)35-25(14-15-32)19-4-2-1-3-5-19/h1-10,13,16-18,23,25,36H,11-12,14H2,(H,33,34,35). The number of nitrogens with zero attached hydrogens (tertiary/aromatic N) is 6. The third kappa shape index (κ3) is 5.03. The van der Waals surface area contributed by atoms with Gasteiger partial charge >= 0.3 is 0 Å². The summed E-state index contributed by atoms with van der Waals surface area (Å²) in [7, 11) is 7.00. The summed E-state index contributed by atoms with van der Waals surface area (Å²) in [6, 6.07) is 23.8. The zero-order valence-corrected chi connectivity index (χ0v) is 21.0. The Kier molecular flexibility index (Phi) is 6.41. The van der Waals surface area contributed by atoms with E-state index in [-0.39, 0.29) is 18.3 Å². The average molecular weight is 514 g/mol. The third-order valence-corrected chi connectivity index (χ3v) is 6.92. The molecule has 8 nitrogen and oxygen atoms in total. The molecular formula is C29H24BFN8. The maximum Gasteiger partial charge on any atom is 0.137 e. The quantitative estimate of drug-likeness (QED) is 0.259. The van der Waals surface area contributed by atoms with Gasteiger partial charge in [0.2, 0.25) is 0 Å². The van der Waals surface area contributed by atoms with Gasteiger partial charge in [-0.2, -0.15) is 5.26 Å². The van der Waals surface area contributed by atoms with Crippen molar-refractivity contribution < 1.29 is 4.39 Å². The topological polar surface area (TPSA) is 104 Å². The summed E-state index contributed by atoms with van der Waals surface area (Å²) in [5, 5.41) is 25.7. The summed E-state index contributed by atoms with van der Waals surface area (Å²) in [5.74, 6) is 0.239. The van der Waals surface area contributed by atoms with Crippen LogP contribution in [0.4, 0.5) is 15.9 Å². The van der Waals surface area contributed by atoms with Gasteiger partial charge in [-0.15, -0.1) is 5.10 Å². The minimum absolute atomic E-state index is 0.254. The summed E-state index contributed by atoms with van der Waals surface area (Å²) < 4.78 is 15.6. The molecule has 0 amide bonds. The molecule has 0 spiro atoms. The van der Waals surface area contributed by atoms with E-state index in [1.807, 2.05) is 59.4 Å². The molecule has 1 fully saturated rings. The molecule has 2 aromatic heterocycles. The summed E-state index contributed by atoms with van der Waals surface area (Å²) >= 11 is 0. The Bertz CT molecular complexity index is 1650. The molecule has 1 aliphatic carbocycles. The van der Waals surface area contributed by atoms with Gasteiger partial charge in [-0.1, -0.05) is 47.7 Å². The van der Waals surface area contributed by atoms with Gasteiger partial charge in [0.1, 0.15) is 31.5 Å². The summed E-state index contributed by atoms with van der Waals surface area (Å²) in [5.41, 5.74) is 2.26. The van der Waals surface area contributed by atoms with Crippen molar-refractivity contribution in [2.75, 3.05) is 10.6 Å². The fourth-order valence-electron chi connectivity index (χ4n) is 4.64. The first kappa shape index (κ1) is 24.6. The second-order valence-electron chi connectivity index (χ2n) is 9.68. The Morgan fingerprint density at radius 1 is 1.08 bits per heavy atom. The predicted molar refractivity (Wildman–Crippen MR) is 147 cm³/mol. The lowest BCUT2D eigenvalue weighted by Crippen LogP contribution is -2.37. The Morgan fingerprint density at radius 3 is 2.62 bits per heavy atom. The molecule has 2 unspecified atom stereocenters. The van der Waals surface area contributed by atoms with Crippen molar-refractivity contribution in [3.8, 4) is 6.07 Å². The van der Waals surface area contributed by atoms with E-state index in [0.717, 1.165) is 29.3 Å². The van der Waals surface area contributed by atoms with Crippen molar-refractivity contribution in [1.29, 1.82) is 5.26 Å². The molecule has 3 aromatic carbocycles.